The fourth-order valence-electron chi connectivity index (χ4n) is 5.22. The van der Waals surface area contributed by atoms with E-state index in [1.54, 1.807) is 10.7 Å². The van der Waals surface area contributed by atoms with Crippen LogP contribution in [-0.4, -0.2) is 44.7 Å². The lowest BCUT2D eigenvalue weighted by Gasteiger charge is -2.32. The van der Waals surface area contributed by atoms with E-state index in [2.05, 4.69) is 48.5 Å². The molecule has 42 heavy (non-hydrogen) atoms. The van der Waals surface area contributed by atoms with Crippen molar-refractivity contribution in [1.29, 1.82) is 0 Å². The molecule has 8 nitrogen and oxygen atoms in total. The lowest BCUT2D eigenvalue weighted by atomic mass is 9.90. The molecule has 1 fully saturated rings. The highest BCUT2D eigenvalue weighted by Gasteiger charge is 2.25. The van der Waals surface area contributed by atoms with Gasteiger partial charge in [-0.05, 0) is 81.0 Å². The molecule has 0 saturated carbocycles. The van der Waals surface area contributed by atoms with Gasteiger partial charge in [0.15, 0.2) is 0 Å². The summed E-state index contributed by atoms with van der Waals surface area (Å²) in [6.07, 6.45) is 2.87. The largest absolute Gasteiger partial charge is 0.337 e. The summed E-state index contributed by atoms with van der Waals surface area (Å²) in [4.78, 5) is 32.1. The van der Waals surface area contributed by atoms with E-state index in [4.69, 9.17) is 5.10 Å². The van der Waals surface area contributed by atoms with E-state index in [0.29, 0.717) is 17.4 Å². The Morgan fingerprint density at radius 3 is 2.24 bits per heavy atom. The third-order valence-corrected chi connectivity index (χ3v) is 7.74. The number of carbonyl (C=O) groups excluding carboxylic acids is 2. The van der Waals surface area contributed by atoms with Crippen LogP contribution in [0.3, 0.4) is 0 Å². The highest BCUT2D eigenvalue weighted by atomic mass is 16.2. The Kier molecular flexibility index (Phi) is 8.43. The molecule has 3 heterocycles. The molecule has 2 N–H and O–H groups in total. The van der Waals surface area contributed by atoms with Gasteiger partial charge in [0.05, 0.1) is 11.4 Å². The zero-order valence-electron chi connectivity index (χ0n) is 25.1. The smallest absolute Gasteiger partial charge is 0.324 e. The first-order valence-corrected chi connectivity index (χ1v) is 14.6. The minimum absolute atomic E-state index is 0.0161. The minimum atomic E-state index is -0.323. The van der Waals surface area contributed by atoms with E-state index in [1.165, 1.54) is 5.56 Å². The Labute approximate surface area is 248 Å². The molecule has 2 aromatic carbocycles. The summed E-state index contributed by atoms with van der Waals surface area (Å²) in [5.74, 6) is 1.14. The van der Waals surface area contributed by atoms with Crippen LogP contribution >= 0.6 is 0 Å². The van der Waals surface area contributed by atoms with E-state index in [-0.39, 0.29) is 17.4 Å². The second-order valence-electron chi connectivity index (χ2n) is 12.3. The first-order valence-electron chi connectivity index (χ1n) is 14.6. The van der Waals surface area contributed by atoms with E-state index in [1.807, 2.05) is 73.3 Å². The molecule has 3 amide bonds. The number of anilines is 2. The van der Waals surface area contributed by atoms with Crippen LogP contribution in [-0.2, 0) is 11.8 Å². The normalized spacial score (nSPS) is 14.1. The van der Waals surface area contributed by atoms with Crippen molar-refractivity contribution in [2.75, 3.05) is 23.7 Å². The molecule has 0 unspecified atom stereocenters. The van der Waals surface area contributed by atoms with Crippen molar-refractivity contribution < 1.29 is 9.59 Å². The summed E-state index contributed by atoms with van der Waals surface area (Å²) in [5, 5.41) is 10.7. The maximum absolute atomic E-state index is 13.0. The Morgan fingerprint density at radius 1 is 0.905 bits per heavy atom. The first-order chi connectivity index (χ1) is 20.0. The number of aromatic nitrogens is 3. The van der Waals surface area contributed by atoms with Crippen LogP contribution in [0.2, 0.25) is 0 Å². The van der Waals surface area contributed by atoms with Gasteiger partial charge in [0.1, 0.15) is 11.5 Å². The monoisotopic (exact) mass is 564 g/mol. The third-order valence-electron chi connectivity index (χ3n) is 7.74. The molecule has 1 saturated heterocycles. The van der Waals surface area contributed by atoms with Gasteiger partial charge in [0.2, 0.25) is 0 Å². The van der Waals surface area contributed by atoms with E-state index in [9.17, 15) is 9.59 Å². The lowest BCUT2D eigenvalue weighted by molar-refractivity contribution is 0.0684. The maximum atomic E-state index is 13.0. The number of benzene rings is 2. The number of nitrogens with one attached hydrogen (secondary N) is 2. The highest BCUT2D eigenvalue weighted by Crippen LogP contribution is 2.27. The standard InChI is InChI=1S/C34H40N6O2/c1-23-9-15-28(16-10-23)40-31(22-30(38-40)34(3,4)5)37-33(42)36-27-13-11-25(12-14-27)21-26-17-19-39(20-18-26)32(41)29-8-6-7-24(2)35-29/h6-16,22,26H,17-21H2,1-5H3,(H2,36,37,42). The molecular formula is C34H40N6O2. The quantitative estimate of drug-likeness (QED) is 0.266. The fraction of sp³-hybridized carbons (Fsp3) is 0.353. The summed E-state index contributed by atoms with van der Waals surface area (Å²) in [5.41, 5.74) is 6.10. The van der Waals surface area contributed by atoms with Crippen molar-refractivity contribution in [2.45, 2.75) is 59.3 Å². The highest BCUT2D eigenvalue weighted by molar-refractivity contribution is 5.99. The Bertz CT molecular complexity index is 1540. The summed E-state index contributed by atoms with van der Waals surface area (Å²) < 4.78 is 1.78. The van der Waals surface area contributed by atoms with Crippen LogP contribution in [0, 0.1) is 19.8 Å². The predicted octanol–water partition coefficient (Wildman–Crippen LogP) is 6.92. The van der Waals surface area contributed by atoms with Crippen LogP contribution in [0.5, 0.6) is 0 Å². The van der Waals surface area contributed by atoms with Gasteiger partial charge in [0.25, 0.3) is 5.91 Å². The third kappa shape index (κ3) is 7.05. The van der Waals surface area contributed by atoms with Crippen LogP contribution in [0.1, 0.15) is 66.6 Å². The predicted molar refractivity (Wildman–Crippen MR) is 167 cm³/mol. The molecule has 8 heteroatoms. The molecule has 0 atom stereocenters. The molecule has 0 spiro atoms. The van der Waals surface area contributed by atoms with Crippen molar-refractivity contribution in [1.82, 2.24) is 19.7 Å². The maximum Gasteiger partial charge on any atom is 0.324 e. The zero-order chi connectivity index (χ0) is 29.9. The number of pyridine rings is 1. The van der Waals surface area contributed by atoms with Gasteiger partial charge in [-0.1, -0.05) is 56.7 Å². The zero-order valence-corrected chi connectivity index (χ0v) is 25.1. The number of urea groups is 1. The van der Waals surface area contributed by atoms with Crippen molar-refractivity contribution in [3.05, 3.63) is 101 Å². The number of rotatable bonds is 6. The number of aryl methyl sites for hydroxylation is 2. The number of hydrogen-bond donors (Lipinski definition) is 2. The number of likely N-dealkylation sites (tertiary alicyclic amines) is 1. The summed E-state index contributed by atoms with van der Waals surface area (Å²) >= 11 is 0. The number of nitrogens with zero attached hydrogens (tertiary/aromatic N) is 4. The van der Waals surface area contributed by atoms with Gasteiger partial charge in [0, 0.05) is 36.0 Å². The molecule has 4 aromatic rings. The Hall–Kier alpha value is -4.46. The van der Waals surface area contributed by atoms with E-state index < -0.39 is 0 Å². The summed E-state index contributed by atoms with van der Waals surface area (Å²) in [7, 11) is 0. The molecule has 218 valence electrons. The Morgan fingerprint density at radius 2 is 1.60 bits per heavy atom. The molecule has 5 rings (SSSR count). The average Bonchev–Trinajstić information content (AvgIpc) is 3.39. The van der Waals surface area contributed by atoms with Crippen molar-refractivity contribution in [3.63, 3.8) is 0 Å². The lowest BCUT2D eigenvalue weighted by Crippen LogP contribution is -2.39. The molecule has 1 aliphatic rings. The SMILES string of the molecule is Cc1ccc(-n2nc(C(C)(C)C)cc2NC(=O)Nc2ccc(CC3CCN(C(=O)c4cccc(C)n4)CC3)cc2)cc1. The molecule has 0 bridgehead atoms. The second kappa shape index (κ2) is 12.2. The van der Waals surface area contributed by atoms with Gasteiger partial charge >= 0.3 is 6.03 Å². The topological polar surface area (TPSA) is 92.2 Å². The average molecular weight is 565 g/mol. The fourth-order valence-corrected chi connectivity index (χ4v) is 5.22. The summed E-state index contributed by atoms with van der Waals surface area (Å²) in [6.45, 7) is 11.7. The van der Waals surface area contributed by atoms with Gasteiger partial charge in [-0.15, -0.1) is 0 Å². The van der Waals surface area contributed by atoms with E-state index in [0.717, 1.165) is 60.7 Å². The van der Waals surface area contributed by atoms with Crippen molar-refractivity contribution in [3.8, 4) is 5.69 Å². The number of carbonyl (C=O) groups is 2. The number of amides is 3. The van der Waals surface area contributed by atoms with Gasteiger partial charge < -0.3 is 10.2 Å². The minimum Gasteiger partial charge on any atom is -0.337 e. The van der Waals surface area contributed by atoms with Gasteiger partial charge in [-0.25, -0.2) is 14.5 Å². The van der Waals surface area contributed by atoms with Gasteiger partial charge in [-0.3, -0.25) is 10.1 Å². The molecular weight excluding hydrogens is 524 g/mol. The molecule has 0 radical (unpaired) electrons. The first kappa shape index (κ1) is 29.0. The molecule has 0 aliphatic carbocycles. The van der Waals surface area contributed by atoms with Crippen molar-refractivity contribution >= 4 is 23.4 Å². The second-order valence-corrected chi connectivity index (χ2v) is 12.3. The number of hydrogen-bond acceptors (Lipinski definition) is 4. The molecule has 2 aromatic heterocycles. The Balaban J connectivity index is 1.16. The number of piperidine rings is 1. The summed E-state index contributed by atoms with van der Waals surface area (Å²) in [6, 6.07) is 23.3. The van der Waals surface area contributed by atoms with Crippen LogP contribution in [0.4, 0.5) is 16.3 Å². The van der Waals surface area contributed by atoms with E-state index >= 15 is 0 Å². The van der Waals surface area contributed by atoms with Crippen LogP contribution < -0.4 is 10.6 Å². The van der Waals surface area contributed by atoms with Crippen LogP contribution in [0.25, 0.3) is 5.69 Å². The van der Waals surface area contributed by atoms with Gasteiger partial charge in [-0.2, -0.15) is 5.10 Å². The van der Waals surface area contributed by atoms with Crippen molar-refractivity contribution in [2.24, 2.45) is 5.92 Å². The molecule has 1 aliphatic heterocycles. The van der Waals surface area contributed by atoms with Crippen LogP contribution in [0.15, 0.2) is 72.8 Å².